The van der Waals surface area contributed by atoms with Crippen LogP contribution in [0.2, 0.25) is 0 Å². The second-order valence-electron chi connectivity index (χ2n) is 5.26. The van der Waals surface area contributed by atoms with E-state index in [9.17, 15) is 4.79 Å². The molecule has 1 amide bonds. The molecule has 1 saturated heterocycles. The van der Waals surface area contributed by atoms with Crippen LogP contribution in [0.5, 0.6) is 0 Å². The molecule has 1 unspecified atom stereocenters. The lowest BCUT2D eigenvalue weighted by Crippen LogP contribution is -2.32. The third kappa shape index (κ3) is 2.29. The predicted molar refractivity (Wildman–Crippen MR) is 89.7 cm³/mol. The Balaban J connectivity index is 2.01. The van der Waals surface area contributed by atoms with Crippen LogP contribution in [0.1, 0.15) is 19.4 Å². The number of hydrogen-bond donors (Lipinski definition) is 1. The fourth-order valence-electron chi connectivity index (χ4n) is 2.95. The number of likely N-dealkylation sites (tertiary alicyclic amines) is 1. The van der Waals surface area contributed by atoms with Gasteiger partial charge in [0.15, 0.2) is 0 Å². The predicted octanol–water partition coefficient (Wildman–Crippen LogP) is 1.97. The van der Waals surface area contributed by atoms with Gasteiger partial charge in [-0.3, -0.25) is 9.48 Å². The molecule has 0 aromatic carbocycles. The average molecular weight is 397 g/mol. The van der Waals surface area contributed by atoms with Crippen molar-refractivity contribution in [3.63, 3.8) is 0 Å². The molecule has 0 spiro atoms. The van der Waals surface area contributed by atoms with Gasteiger partial charge in [-0.05, 0) is 48.1 Å². The monoisotopic (exact) mass is 397 g/mol. The number of nitrogen functional groups attached to an aromatic ring is 1. The highest BCUT2D eigenvalue weighted by atomic mass is 127. The number of pyridine rings is 1. The number of aromatic nitrogens is 3. The summed E-state index contributed by atoms with van der Waals surface area (Å²) in [5.74, 6) is 0.463. The molecule has 1 fully saturated rings. The highest BCUT2D eigenvalue weighted by Gasteiger charge is 2.34. The second-order valence-corrected chi connectivity index (χ2v) is 6.28. The van der Waals surface area contributed by atoms with E-state index in [2.05, 4.69) is 39.3 Å². The average Bonchev–Trinajstić information content (AvgIpc) is 3.00. The van der Waals surface area contributed by atoms with Gasteiger partial charge in [-0.2, -0.15) is 5.10 Å². The Bertz CT molecular complexity index is 725. The number of nitrogens with zero attached hydrogens (tertiary/aromatic N) is 4. The SMILES string of the molecule is C=CC(=O)N1CC(n2nc(I)c3c(N)nccc32)C[C@@H]1C. The van der Waals surface area contributed by atoms with Crippen LogP contribution in [0.15, 0.2) is 24.9 Å². The number of fused-ring (bicyclic) bond motifs is 1. The summed E-state index contributed by atoms with van der Waals surface area (Å²) >= 11 is 2.17. The minimum Gasteiger partial charge on any atom is -0.383 e. The van der Waals surface area contributed by atoms with E-state index >= 15 is 0 Å². The van der Waals surface area contributed by atoms with Crippen molar-refractivity contribution in [1.29, 1.82) is 0 Å². The number of carbonyl (C=O) groups is 1. The van der Waals surface area contributed by atoms with Crippen molar-refractivity contribution in [3.8, 4) is 0 Å². The summed E-state index contributed by atoms with van der Waals surface area (Å²) in [7, 11) is 0. The molecule has 6 nitrogen and oxygen atoms in total. The van der Waals surface area contributed by atoms with Crippen molar-refractivity contribution in [3.05, 3.63) is 28.6 Å². The fraction of sp³-hybridized carbons (Fsp3) is 0.357. The van der Waals surface area contributed by atoms with Crippen molar-refractivity contribution in [2.24, 2.45) is 0 Å². The molecule has 21 heavy (non-hydrogen) atoms. The third-order valence-corrected chi connectivity index (χ3v) is 4.72. The lowest BCUT2D eigenvalue weighted by Gasteiger charge is -2.19. The Morgan fingerprint density at radius 3 is 3.10 bits per heavy atom. The zero-order valence-corrected chi connectivity index (χ0v) is 13.8. The van der Waals surface area contributed by atoms with E-state index in [4.69, 9.17) is 5.73 Å². The summed E-state index contributed by atoms with van der Waals surface area (Å²) in [5.41, 5.74) is 6.92. The first-order valence-electron chi connectivity index (χ1n) is 6.74. The normalized spacial score (nSPS) is 21.9. The Labute approximate surface area is 136 Å². The molecule has 0 radical (unpaired) electrons. The molecule has 0 bridgehead atoms. The smallest absolute Gasteiger partial charge is 0.246 e. The molecule has 1 aliphatic heterocycles. The van der Waals surface area contributed by atoms with Gasteiger partial charge in [0.25, 0.3) is 0 Å². The number of amides is 1. The van der Waals surface area contributed by atoms with E-state index in [0.29, 0.717) is 12.4 Å². The molecule has 7 heteroatoms. The minimum atomic E-state index is -0.0302. The second kappa shape index (κ2) is 5.28. The van der Waals surface area contributed by atoms with Gasteiger partial charge >= 0.3 is 0 Å². The van der Waals surface area contributed by atoms with E-state index < -0.39 is 0 Å². The lowest BCUT2D eigenvalue weighted by molar-refractivity contribution is -0.126. The molecule has 110 valence electrons. The summed E-state index contributed by atoms with van der Waals surface area (Å²) in [6.07, 6.45) is 3.93. The van der Waals surface area contributed by atoms with Crippen LogP contribution in [0.3, 0.4) is 0 Å². The standard InChI is InChI=1S/C14H16IN5O/c1-3-11(21)19-7-9(6-8(19)2)20-10-4-5-17-14(16)12(10)13(15)18-20/h3-5,8-9H,1,6-7H2,2H3,(H2,16,17)/t8-,9?/m0/s1. The zero-order chi connectivity index (χ0) is 15.1. The zero-order valence-electron chi connectivity index (χ0n) is 11.7. The fourth-order valence-corrected chi connectivity index (χ4v) is 3.74. The molecule has 0 aliphatic carbocycles. The van der Waals surface area contributed by atoms with Crippen LogP contribution < -0.4 is 5.73 Å². The molecule has 3 heterocycles. The summed E-state index contributed by atoms with van der Waals surface area (Å²) < 4.78 is 2.82. The molecule has 2 N–H and O–H groups in total. The molecule has 0 saturated carbocycles. The van der Waals surface area contributed by atoms with Crippen LogP contribution in [0, 0.1) is 3.70 Å². The Hall–Kier alpha value is -1.64. The maximum Gasteiger partial charge on any atom is 0.246 e. The minimum absolute atomic E-state index is 0.0302. The molecule has 2 aromatic rings. The third-order valence-electron chi connectivity index (χ3n) is 3.96. The number of rotatable bonds is 2. The van der Waals surface area contributed by atoms with Crippen LogP contribution in [0.4, 0.5) is 5.82 Å². The van der Waals surface area contributed by atoms with Gasteiger partial charge in [0.05, 0.1) is 16.9 Å². The van der Waals surface area contributed by atoms with E-state index in [1.807, 2.05) is 22.6 Å². The van der Waals surface area contributed by atoms with E-state index in [1.54, 1.807) is 6.20 Å². The van der Waals surface area contributed by atoms with E-state index in [0.717, 1.165) is 21.0 Å². The van der Waals surface area contributed by atoms with Crippen molar-refractivity contribution in [2.75, 3.05) is 12.3 Å². The number of carbonyl (C=O) groups excluding carboxylic acids is 1. The van der Waals surface area contributed by atoms with Crippen LogP contribution in [-0.4, -0.2) is 38.2 Å². The van der Waals surface area contributed by atoms with Gasteiger partial charge in [0.1, 0.15) is 9.52 Å². The highest BCUT2D eigenvalue weighted by molar-refractivity contribution is 14.1. The van der Waals surface area contributed by atoms with Gasteiger partial charge in [0.2, 0.25) is 5.91 Å². The maximum absolute atomic E-state index is 11.9. The van der Waals surface area contributed by atoms with Crippen LogP contribution in [-0.2, 0) is 4.79 Å². The van der Waals surface area contributed by atoms with E-state index in [-0.39, 0.29) is 18.0 Å². The first-order valence-corrected chi connectivity index (χ1v) is 7.82. The molecule has 2 aromatic heterocycles. The number of halogens is 1. The molecule has 1 aliphatic rings. The van der Waals surface area contributed by atoms with Crippen molar-refractivity contribution in [2.45, 2.75) is 25.4 Å². The summed E-state index contributed by atoms with van der Waals surface area (Å²) in [6.45, 7) is 6.25. The molecule has 2 atom stereocenters. The van der Waals surface area contributed by atoms with Crippen LogP contribution in [0.25, 0.3) is 10.9 Å². The molecular formula is C14H16IN5O. The Kier molecular flexibility index (Phi) is 3.60. The van der Waals surface area contributed by atoms with Gasteiger partial charge in [0, 0.05) is 18.8 Å². The van der Waals surface area contributed by atoms with Crippen molar-refractivity contribution >= 4 is 45.2 Å². The Morgan fingerprint density at radius 1 is 1.62 bits per heavy atom. The number of hydrogen-bond acceptors (Lipinski definition) is 4. The first-order chi connectivity index (χ1) is 10.0. The van der Waals surface area contributed by atoms with Crippen LogP contribution >= 0.6 is 22.6 Å². The van der Waals surface area contributed by atoms with Crippen molar-refractivity contribution in [1.82, 2.24) is 19.7 Å². The summed E-state index contributed by atoms with van der Waals surface area (Å²) in [6, 6.07) is 2.25. The largest absolute Gasteiger partial charge is 0.383 e. The molecule has 3 rings (SSSR count). The lowest BCUT2D eigenvalue weighted by atomic mass is 10.2. The maximum atomic E-state index is 11.9. The first kappa shape index (κ1) is 14.3. The van der Waals surface area contributed by atoms with E-state index in [1.165, 1.54) is 6.08 Å². The topological polar surface area (TPSA) is 77.0 Å². The Morgan fingerprint density at radius 2 is 2.38 bits per heavy atom. The number of nitrogens with two attached hydrogens (primary N) is 1. The van der Waals surface area contributed by atoms with Crippen molar-refractivity contribution < 1.29 is 4.79 Å². The quantitative estimate of drug-likeness (QED) is 0.621. The summed E-state index contributed by atoms with van der Waals surface area (Å²) in [4.78, 5) is 17.8. The van der Waals surface area contributed by atoms with Gasteiger partial charge in [-0.1, -0.05) is 6.58 Å². The highest BCUT2D eigenvalue weighted by Crippen LogP contribution is 2.32. The van der Waals surface area contributed by atoms with Gasteiger partial charge in [-0.15, -0.1) is 0 Å². The molecular weight excluding hydrogens is 381 g/mol. The number of anilines is 1. The summed E-state index contributed by atoms with van der Waals surface area (Å²) in [5, 5.41) is 5.49. The van der Waals surface area contributed by atoms with Gasteiger partial charge < -0.3 is 10.6 Å². The van der Waals surface area contributed by atoms with Gasteiger partial charge in [-0.25, -0.2) is 4.98 Å².